The number of hydrogen-bond donors (Lipinski definition) is 2. The van der Waals surface area contributed by atoms with Crippen molar-refractivity contribution in [3.63, 3.8) is 0 Å². The number of benzene rings is 1. The molecule has 5 heteroatoms. The molecule has 1 aliphatic heterocycles. The fraction of sp³-hybridized carbons (Fsp3) is 0.632. The number of hydrogen-bond acceptors (Lipinski definition) is 4. The minimum Gasteiger partial charge on any atom is -0.444 e. The van der Waals surface area contributed by atoms with Crippen LogP contribution < -0.4 is 10.6 Å². The molecule has 0 aromatic heterocycles. The number of fused-ring (bicyclic) bond motifs is 1. The summed E-state index contributed by atoms with van der Waals surface area (Å²) >= 11 is 0. The van der Waals surface area contributed by atoms with Crippen molar-refractivity contribution in [1.82, 2.24) is 10.2 Å². The SMILES string of the molecule is CCCN(CCNCc1cccc2c1NCC2)C(=O)OC(C)(C)C. The van der Waals surface area contributed by atoms with E-state index in [0.717, 1.165) is 39.0 Å². The van der Waals surface area contributed by atoms with E-state index in [9.17, 15) is 4.79 Å². The monoisotopic (exact) mass is 333 g/mol. The Bertz CT molecular complexity index is 552. The lowest BCUT2D eigenvalue weighted by atomic mass is 10.1. The molecule has 5 nitrogen and oxygen atoms in total. The number of para-hydroxylation sites is 1. The zero-order chi connectivity index (χ0) is 17.6. The summed E-state index contributed by atoms with van der Waals surface area (Å²) in [5, 5.41) is 6.91. The number of nitrogens with zero attached hydrogens (tertiary/aromatic N) is 1. The summed E-state index contributed by atoms with van der Waals surface area (Å²) in [4.78, 5) is 14.0. The molecular weight excluding hydrogens is 302 g/mol. The first-order valence-electron chi connectivity index (χ1n) is 8.94. The number of anilines is 1. The Hall–Kier alpha value is -1.75. The Morgan fingerprint density at radius 3 is 2.83 bits per heavy atom. The van der Waals surface area contributed by atoms with Crippen molar-refractivity contribution in [2.24, 2.45) is 0 Å². The maximum atomic E-state index is 12.2. The van der Waals surface area contributed by atoms with E-state index in [1.807, 2.05) is 20.8 Å². The van der Waals surface area contributed by atoms with Crippen LogP contribution in [-0.4, -0.2) is 42.8 Å². The Kier molecular flexibility index (Phi) is 6.49. The van der Waals surface area contributed by atoms with Gasteiger partial charge < -0.3 is 20.3 Å². The number of carbonyl (C=O) groups is 1. The van der Waals surface area contributed by atoms with E-state index in [-0.39, 0.29) is 6.09 Å². The normalized spacial score (nSPS) is 13.3. The van der Waals surface area contributed by atoms with Gasteiger partial charge in [0.1, 0.15) is 5.60 Å². The Balaban J connectivity index is 1.81. The largest absolute Gasteiger partial charge is 0.444 e. The highest BCUT2D eigenvalue weighted by Gasteiger charge is 2.21. The van der Waals surface area contributed by atoms with Crippen LogP contribution in [0.4, 0.5) is 10.5 Å². The van der Waals surface area contributed by atoms with Crippen molar-refractivity contribution >= 4 is 11.8 Å². The molecule has 2 rings (SSSR count). The maximum absolute atomic E-state index is 12.2. The molecule has 0 spiro atoms. The highest BCUT2D eigenvalue weighted by atomic mass is 16.6. The topological polar surface area (TPSA) is 53.6 Å². The van der Waals surface area contributed by atoms with Gasteiger partial charge in [-0.2, -0.15) is 0 Å². The highest BCUT2D eigenvalue weighted by molar-refractivity contribution is 5.68. The van der Waals surface area contributed by atoms with E-state index in [1.165, 1.54) is 16.8 Å². The van der Waals surface area contributed by atoms with Crippen LogP contribution in [0.3, 0.4) is 0 Å². The lowest BCUT2D eigenvalue weighted by Crippen LogP contribution is -2.40. The van der Waals surface area contributed by atoms with Gasteiger partial charge in [-0.15, -0.1) is 0 Å². The predicted octanol–water partition coefficient (Wildman–Crippen LogP) is 3.39. The van der Waals surface area contributed by atoms with Gasteiger partial charge in [-0.05, 0) is 44.7 Å². The van der Waals surface area contributed by atoms with Gasteiger partial charge in [-0.1, -0.05) is 25.1 Å². The van der Waals surface area contributed by atoms with E-state index in [4.69, 9.17) is 4.74 Å². The molecular formula is C19H31N3O2. The third-order valence-corrected chi connectivity index (χ3v) is 3.95. The first-order chi connectivity index (χ1) is 11.4. The lowest BCUT2D eigenvalue weighted by molar-refractivity contribution is 0.0252. The number of carbonyl (C=O) groups excluding carboxylic acids is 1. The predicted molar refractivity (Wildman–Crippen MR) is 98.4 cm³/mol. The molecule has 1 aromatic rings. The summed E-state index contributed by atoms with van der Waals surface area (Å²) in [5.74, 6) is 0. The molecule has 1 heterocycles. The third-order valence-electron chi connectivity index (χ3n) is 3.95. The number of rotatable bonds is 7. The molecule has 0 radical (unpaired) electrons. The molecule has 0 unspecified atom stereocenters. The van der Waals surface area contributed by atoms with Gasteiger partial charge in [0.25, 0.3) is 0 Å². The van der Waals surface area contributed by atoms with Crippen molar-refractivity contribution < 1.29 is 9.53 Å². The lowest BCUT2D eigenvalue weighted by Gasteiger charge is -2.27. The molecule has 0 bridgehead atoms. The fourth-order valence-electron chi connectivity index (χ4n) is 2.89. The van der Waals surface area contributed by atoms with Crippen molar-refractivity contribution in [2.75, 3.05) is 31.5 Å². The van der Waals surface area contributed by atoms with Crippen LogP contribution in [0.25, 0.3) is 0 Å². The van der Waals surface area contributed by atoms with Crippen molar-refractivity contribution in [2.45, 2.75) is 52.7 Å². The van der Waals surface area contributed by atoms with Crippen LogP contribution in [0.5, 0.6) is 0 Å². The second kappa shape index (κ2) is 8.38. The molecule has 0 atom stereocenters. The molecule has 0 fully saturated rings. The molecule has 134 valence electrons. The first kappa shape index (κ1) is 18.6. The molecule has 0 aliphatic carbocycles. The Morgan fingerprint density at radius 2 is 2.12 bits per heavy atom. The summed E-state index contributed by atoms with van der Waals surface area (Å²) in [6.07, 6.45) is 1.80. The minimum atomic E-state index is -0.452. The van der Waals surface area contributed by atoms with Gasteiger partial charge in [0, 0.05) is 38.4 Å². The van der Waals surface area contributed by atoms with Crippen LogP contribution >= 0.6 is 0 Å². The van der Waals surface area contributed by atoms with Gasteiger partial charge >= 0.3 is 6.09 Å². The van der Waals surface area contributed by atoms with Gasteiger partial charge in [0.05, 0.1) is 0 Å². The third kappa shape index (κ3) is 5.41. The summed E-state index contributed by atoms with van der Waals surface area (Å²) in [5.41, 5.74) is 3.52. The standard InChI is InChI=1S/C19H31N3O2/c1-5-12-22(18(23)24-19(2,3)4)13-11-20-14-16-8-6-7-15-9-10-21-17(15)16/h6-8,20-21H,5,9-14H2,1-4H3. The summed E-state index contributed by atoms with van der Waals surface area (Å²) in [6.45, 7) is 11.7. The van der Waals surface area contributed by atoms with Gasteiger partial charge in [-0.3, -0.25) is 0 Å². The molecule has 0 saturated heterocycles. The van der Waals surface area contributed by atoms with Crippen LogP contribution in [0.1, 0.15) is 45.2 Å². The number of nitrogens with one attached hydrogen (secondary N) is 2. The second-order valence-electron chi connectivity index (χ2n) is 7.27. The van der Waals surface area contributed by atoms with Crippen molar-refractivity contribution in [3.8, 4) is 0 Å². The summed E-state index contributed by atoms with van der Waals surface area (Å²) < 4.78 is 5.48. The van der Waals surface area contributed by atoms with Crippen LogP contribution in [0.2, 0.25) is 0 Å². The summed E-state index contributed by atoms with van der Waals surface area (Å²) in [6, 6.07) is 6.46. The van der Waals surface area contributed by atoms with E-state index in [1.54, 1.807) is 4.90 Å². The smallest absolute Gasteiger partial charge is 0.410 e. The maximum Gasteiger partial charge on any atom is 0.410 e. The highest BCUT2D eigenvalue weighted by Crippen LogP contribution is 2.26. The zero-order valence-electron chi connectivity index (χ0n) is 15.4. The van der Waals surface area contributed by atoms with Crippen molar-refractivity contribution in [1.29, 1.82) is 0 Å². The van der Waals surface area contributed by atoms with Crippen LogP contribution in [0, 0.1) is 0 Å². The number of ether oxygens (including phenoxy) is 1. The van der Waals surface area contributed by atoms with E-state index in [0.29, 0.717) is 6.54 Å². The first-order valence-corrected chi connectivity index (χ1v) is 8.94. The molecule has 24 heavy (non-hydrogen) atoms. The molecule has 1 amide bonds. The van der Waals surface area contributed by atoms with E-state index in [2.05, 4.69) is 35.8 Å². The average molecular weight is 333 g/mol. The zero-order valence-corrected chi connectivity index (χ0v) is 15.4. The average Bonchev–Trinajstić information content (AvgIpc) is 2.97. The number of amides is 1. The quantitative estimate of drug-likeness (QED) is 0.751. The van der Waals surface area contributed by atoms with Crippen LogP contribution in [0.15, 0.2) is 18.2 Å². The van der Waals surface area contributed by atoms with E-state index < -0.39 is 5.60 Å². The van der Waals surface area contributed by atoms with Gasteiger partial charge in [0.2, 0.25) is 0 Å². The summed E-state index contributed by atoms with van der Waals surface area (Å²) in [7, 11) is 0. The van der Waals surface area contributed by atoms with Crippen molar-refractivity contribution in [3.05, 3.63) is 29.3 Å². The molecule has 1 aliphatic rings. The molecule has 1 aromatic carbocycles. The van der Waals surface area contributed by atoms with E-state index >= 15 is 0 Å². The fourth-order valence-corrected chi connectivity index (χ4v) is 2.89. The molecule has 0 saturated carbocycles. The van der Waals surface area contributed by atoms with Crippen LogP contribution in [-0.2, 0) is 17.7 Å². The Labute approximate surface area is 145 Å². The van der Waals surface area contributed by atoms with Gasteiger partial charge in [-0.25, -0.2) is 4.79 Å². The minimum absolute atomic E-state index is 0.228. The second-order valence-corrected chi connectivity index (χ2v) is 7.27. The molecule has 2 N–H and O–H groups in total. The Morgan fingerprint density at radius 1 is 1.33 bits per heavy atom. The van der Waals surface area contributed by atoms with Gasteiger partial charge in [0.15, 0.2) is 0 Å².